The van der Waals surface area contributed by atoms with E-state index < -0.39 is 6.23 Å². The molecule has 12 heavy (non-hydrogen) atoms. The summed E-state index contributed by atoms with van der Waals surface area (Å²) in [7, 11) is 1.84. The van der Waals surface area contributed by atoms with E-state index in [9.17, 15) is 5.11 Å². The molecule has 0 saturated heterocycles. The van der Waals surface area contributed by atoms with E-state index in [1.54, 1.807) is 17.2 Å². The number of aliphatic hydroxyl groups excluding tert-OH is 1. The SMILES string of the molecule is CN1C(=C2C=CC=N2)C=CC1O. The van der Waals surface area contributed by atoms with E-state index in [2.05, 4.69) is 4.99 Å². The van der Waals surface area contributed by atoms with Gasteiger partial charge in [0.25, 0.3) is 0 Å². The van der Waals surface area contributed by atoms with Gasteiger partial charge in [-0.3, -0.25) is 4.99 Å². The standard InChI is InChI=1S/C9H10N2O/c1-11-8(4-5-9(11)12)7-3-2-6-10-7/h2-6,9,12H,1H3. The molecule has 3 heteroatoms. The molecular formula is C9H10N2O. The number of hydrogen-bond acceptors (Lipinski definition) is 3. The normalized spacial score (nSPS) is 32.5. The van der Waals surface area contributed by atoms with Gasteiger partial charge in [-0.15, -0.1) is 0 Å². The first-order valence-electron chi connectivity index (χ1n) is 3.83. The highest BCUT2D eigenvalue weighted by molar-refractivity contribution is 5.77. The maximum Gasteiger partial charge on any atom is 0.146 e. The van der Waals surface area contributed by atoms with Gasteiger partial charge in [0.15, 0.2) is 0 Å². The molecule has 0 aromatic heterocycles. The molecule has 1 unspecified atom stereocenters. The van der Waals surface area contributed by atoms with Gasteiger partial charge >= 0.3 is 0 Å². The summed E-state index contributed by atoms with van der Waals surface area (Å²) in [6, 6.07) is 0. The largest absolute Gasteiger partial charge is 0.370 e. The van der Waals surface area contributed by atoms with E-state index in [-0.39, 0.29) is 0 Å². The lowest BCUT2D eigenvalue weighted by atomic mass is 10.3. The molecule has 0 aliphatic carbocycles. The summed E-state index contributed by atoms with van der Waals surface area (Å²) in [6.07, 6.45) is 8.67. The Bertz CT molecular complexity index is 298. The minimum atomic E-state index is -0.503. The molecule has 1 N–H and O–H groups in total. The molecule has 2 rings (SSSR count). The van der Waals surface area contributed by atoms with Gasteiger partial charge in [-0.2, -0.15) is 0 Å². The molecule has 0 amide bonds. The van der Waals surface area contributed by atoms with Crippen LogP contribution in [-0.2, 0) is 0 Å². The topological polar surface area (TPSA) is 35.8 Å². The fourth-order valence-corrected chi connectivity index (χ4v) is 1.28. The van der Waals surface area contributed by atoms with Crippen molar-refractivity contribution in [2.45, 2.75) is 6.23 Å². The van der Waals surface area contributed by atoms with E-state index in [0.29, 0.717) is 0 Å². The van der Waals surface area contributed by atoms with Crippen molar-refractivity contribution in [2.75, 3.05) is 7.05 Å². The van der Waals surface area contributed by atoms with Crippen LogP contribution in [-0.4, -0.2) is 29.5 Å². The first kappa shape index (κ1) is 7.31. The molecule has 2 aliphatic heterocycles. The van der Waals surface area contributed by atoms with Gasteiger partial charge in [-0.1, -0.05) is 0 Å². The molecule has 1 atom stereocenters. The number of aliphatic hydroxyl groups is 1. The van der Waals surface area contributed by atoms with Crippen molar-refractivity contribution >= 4 is 6.21 Å². The second-order valence-electron chi connectivity index (χ2n) is 2.79. The van der Waals surface area contributed by atoms with Crippen LogP contribution in [0.4, 0.5) is 0 Å². The zero-order chi connectivity index (χ0) is 8.55. The van der Waals surface area contributed by atoms with E-state index in [1.165, 1.54) is 0 Å². The average Bonchev–Trinajstić information content (AvgIpc) is 2.64. The summed E-state index contributed by atoms with van der Waals surface area (Å²) < 4.78 is 0. The van der Waals surface area contributed by atoms with Crippen molar-refractivity contribution in [3.05, 3.63) is 35.7 Å². The average molecular weight is 162 g/mol. The third-order valence-corrected chi connectivity index (χ3v) is 2.02. The van der Waals surface area contributed by atoms with Crippen molar-refractivity contribution in [1.29, 1.82) is 0 Å². The van der Waals surface area contributed by atoms with Crippen LogP contribution in [0.2, 0.25) is 0 Å². The Hall–Kier alpha value is -1.35. The second-order valence-corrected chi connectivity index (χ2v) is 2.79. The van der Waals surface area contributed by atoms with Crippen molar-refractivity contribution < 1.29 is 5.11 Å². The molecule has 62 valence electrons. The number of hydrogen-bond donors (Lipinski definition) is 1. The first-order valence-corrected chi connectivity index (χ1v) is 3.83. The minimum absolute atomic E-state index is 0.503. The minimum Gasteiger partial charge on any atom is -0.370 e. The Labute approximate surface area is 71.0 Å². The van der Waals surface area contributed by atoms with Crippen LogP contribution in [0.15, 0.2) is 40.7 Å². The van der Waals surface area contributed by atoms with Crippen molar-refractivity contribution in [3.8, 4) is 0 Å². The highest BCUT2D eigenvalue weighted by Crippen LogP contribution is 2.22. The Kier molecular flexibility index (Phi) is 1.59. The van der Waals surface area contributed by atoms with Crippen molar-refractivity contribution in [1.82, 2.24) is 4.90 Å². The molecule has 0 bridgehead atoms. The smallest absolute Gasteiger partial charge is 0.146 e. The van der Waals surface area contributed by atoms with Gasteiger partial charge < -0.3 is 10.0 Å². The van der Waals surface area contributed by atoms with Crippen LogP contribution in [0.1, 0.15) is 0 Å². The summed E-state index contributed by atoms with van der Waals surface area (Å²) in [4.78, 5) is 5.92. The molecule has 0 aromatic rings. The van der Waals surface area contributed by atoms with E-state index >= 15 is 0 Å². The van der Waals surface area contributed by atoms with Crippen LogP contribution in [0.3, 0.4) is 0 Å². The van der Waals surface area contributed by atoms with Crippen LogP contribution < -0.4 is 0 Å². The quantitative estimate of drug-likeness (QED) is 0.568. The lowest BCUT2D eigenvalue weighted by Crippen LogP contribution is -2.23. The second kappa shape index (κ2) is 2.60. The monoisotopic (exact) mass is 162 g/mol. The number of likely N-dealkylation sites (N-methyl/N-ethyl adjacent to an activating group) is 1. The Morgan fingerprint density at radius 3 is 2.83 bits per heavy atom. The summed E-state index contributed by atoms with van der Waals surface area (Å²) in [5.74, 6) is 0. The zero-order valence-electron chi connectivity index (χ0n) is 6.81. The zero-order valence-corrected chi connectivity index (χ0v) is 6.81. The maximum atomic E-state index is 9.36. The summed E-state index contributed by atoms with van der Waals surface area (Å²) in [6.45, 7) is 0. The maximum absolute atomic E-state index is 9.36. The fourth-order valence-electron chi connectivity index (χ4n) is 1.28. The molecule has 2 heterocycles. The first-order chi connectivity index (χ1) is 5.79. The highest BCUT2D eigenvalue weighted by atomic mass is 16.3. The summed E-state index contributed by atoms with van der Waals surface area (Å²) in [5, 5.41) is 9.36. The molecule has 2 aliphatic rings. The van der Waals surface area contributed by atoms with Gasteiger partial charge in [-0.05, 0) is 24.3 Å². The van der Waals surface area contributed by atoms with Crippen molar-refractivity contribution in [2.24, 2.45) is 4.99 Å². The van der Waals surface area contributed by atoms with Crippen molar-refractivity contribution in [3.63, 3.8) is 0 Å². The predicted octanol–water partition coefficient (Wildman–Crippen LogP) is 0.659. The molecule has 0 aromatic carbocycles. The van der Waals surface area contributed by atoms with E-state index in [4.69, 9.17) is 0 Å². The lowest BCUT2D eigenvalue weighted by Gasteiger charge is -2.18. The van der Waals surface area contributed by atoms with Crippen LogP contribution in [0, 0.1) is 0 Å². The molecule has 0 spiro atoms. The molecule has 0 radical (unpaired) electrons. The number of nitrogens with zero attached hydrogens (tertiary/aromatic N) is 2. The molecule has 0 fully saturated rings. The Morgan fingerprint density at radius 1 is 1.50 bits per heavy atom. The fraction of sp³-hybridized carbons (Fsp3) is 0.222. The van der Waals surface area contributed by atoms with E-state index in [0.717, 1.165) is 11.4 Å². The number of allylic oxidation sites excluding steroid dienone is 3. The molecule has 3 nitrogen and oxygen atoms in total. The summed E-state index contributed by atoms with van der Waals surface area (Å²) in [5.41, 5.74) is 1.87. The van der Waals surface area contributed by atoms with Gasteiger partial charge in [0, 0.05) is 13.3 Å². The third kappa shape index (κ3) is 0.987. The predicted molar refractivity (Wildman–Crippen MR) is 47.6 cm³/mol. The third-order valence-electron chi connectivity index (χ3n) is 2.02. The van der Waals surface area contributed by atoms with Crippen LogP contribution >= 0.6 is 0 Å². The van der Waals surface area contributed by atoms with Gasteiger partial charge in [0.1, 0.15) is 6.23 Å². The number of aliphatic imine (C=N–C) groups is 1. The summed E-state index contributed by atoms with van der Waals surface area (Å²) >= 11 is 0. The Balaban J connectivity index is 2.36. The van der Waals surface area contributed by atoms with Gasteiger partial charge in [0.05, 0.1) is 11.4 Å². The lowest BCUT2D eigenvalue weighted by molar-refractivity contribution is 0.102. The molecule has 0 saturated carbocycles. The van der Waals surface area contributed by atoms with Crippen LogP contribution in [0.25, 0.3) is 0 Å². The molecular weight excluding hydrogens is 152 g/mol. The number of rotatable bonds is 0. The van der Waals surface area contributed by atoms with Gasteiger partial charge in [0.2, 0.25) is 0 Å². The van der Waals surface area contributed by atoms with Crippen LogP contribution in [0.5, 0.6) is 0 Å². The Morgan fingerprint density at radius 2 is 2.33 bits per heavy atom. The highest BCUT2D eigenvalue weighted by Gasteiger charge is 2.18. The van der Waals surface area contributed by atoms with Gasteiger partial charge in [-0.25, -0.2) is 0 Å². The van der Waals surface area contributed by atoms with E-state index in [1.807, 2.05) is 25.3 Å².